The van der Waals surface area contributed by atoms with E-state index in [1.54, 1.807) is 0 Å². The minimum absolute atomic E-state index is 0.501. The molecule has 0 aromatic rings. The lowest BCUT2D eigenvalue weighted by atomic mass is 9.80. The van der Waals surface area contributed by atoms with Crippen LogP contribution in [0.3, 0.4) is 0 Å². The molecule has 0 bridgehead atoms. The van der Waals surface area contributed by atoms with E-state index in [4.69, 9.17) is 0 Å². The van der Waals surface area contributed by atoms with E-state index in [0.29, 0.717) is 5.41 Å². The van der Waals surface area contributed by atoms with E-state index in [2.05, 4.69) is 41.5 Å². The van der Waals surface area contributed by atoms with Crippen LogP contribution in [0.5, 0.6) is 0 Å². The molecule has 0 aromatic heterocycles. The molecule has 0 saturated heterocycles. The first-order valence-electron chi connectivity index (χ1n) is 7.39. The van der Waals surface area contributed by atoms with Gasteiger partial charge in [-0.05, 0) is 30.1 Å². The van der Waals surface area contributed by atoms with Crippen LogP contribution in [0.4, 0.5) is 0 Å². The van der Waals surface area contributed by atoms with Crippen LogP contribution >= 0.6 is 0 Å². The Balaban J connectivity index is 3.83. The summed E-state index contributed by atoms with van der Waals surface area (Å²) >= 11 is 0. The maximum atomic E-state index is 2.44. The van der Waals surface area contributed by atoms with E-state index in [9.17, 15) is 0 Å². The molecule has 16 heavy (non-hydrogen) atoms. The van der Waals surface area contributed by atoms with Gasteiger partial charge in [0, 0.05) is 0 Å². The Hall–Kier alpha value is 0. The van der Waals surface area contributed by atoms with Gasteiger partial charge in [-0.25, -0.2) is 0 Å². The van der Waals surface area contributed by atoms with Crippen molar-refractivity contribution in [2.24, 2.45) is 17.3 Å². The Bertz CT molecular complexity index is 152. The first kappa shape index (κ1) is 16.0. The molecule has 0 radical (unpaired) electrons. The van der Waals surface area contributed by atoms with Gasteiger partial charge in [0.15, 0.2) is 0 Å². The van der Waals surface area contributed by atoms with Crippen LogP contribution in [0.25, 0.3) is 0 Å². The Morgan fingerprint density at radius 1 is 1.00 bits per heavy atom. The average molecular weight is 226 g/mol. The summed E-state index contributed by atoms with van der Waals surface area (Å²) in [6, 6.07) is 0. The second-order valence-electron chi connectivity index (χ2n) is 6.88. The van der Waals surface area contributed by atoms with Crippen LogP contribution in [0.2, 0.25) is 0 Å². The normalized spacial score (nSPS) is 16.1. The largest absolute Gasteiger partial charge is 0.0654 e. The molecule has 0 aliphatic carbocycles. The lowest BCUT2D eigenvalue weighted by Gasteiger charge is -2.26. The lowest BCUT2D eigenvalue weighted by molar-refractivity contribution is 0.257. The molecule has 0 saturated carbocycles. The van der Waals surface area contributed by atoms with Crippen LogP contribution in [0, 0.1) is 17.3 Å². The molecule has 2 atom stereocenters. The molecule has 0 aliphatic heterocycles. The second-order valence-corrected chi connectivity index (χ2v) is 6.88. The third-order valence-corrected chi connectivity index (χ3v) is 3.49. The van der Waals surface area contributed by atoms with Crippen molar-refractivity contribution in [2.45, 2.75) is 86.5 Å². The van der Waals surface area contributed by atoms with Crippen molar-refractivity contribution in [3.63, 3.8) is 0 Å². The maximum Gasteiger partial charge on any atom is -0.0380 e. The number of rotatable bonds is 8. The second kappa shape index (κ2) is 8.14. The van der Waals surface area contributed by atoms with Gasteiger partial charge in [0.25, 0.3) is 0 Å². The lowest BCUT2D eigenvalue weighted by Crippen LogP contribution is -2.14. The number of unbranched alkanes of at least 4 members (excludes halogenated alkanes) is 2. The van der Waals surface area contributed by atoms with Crippen molar-refractivity contribution in [1.82, 2.24) is 0 Å². The highest BCUT2D eigenvalue weighted by atomic mass is 14.2. The van der Waals surface area contributed by atoms with Gasteiger partial charge in [0.05, 0.1) is 0 Å². The highest BCUT2D eigenvalue weighted by Crippen LogP contribution is 2.30. The fraction of sp³-hybridized carbons (Fsp3) is 1.00. The molecule has 0 amide bonds. The van der Waals surface area contributed by atoms with E-state index in [-0.39, 0.29) is 0 Å². The highest BCUT2D eigenvalue weighted by Gasteiger charge is 2.18. The average Bonchev–Trinajstić information content (AvgIpc) is 2.13. The fourth-order valence-corrected chi connectivity index (χ4v) is 2.87. The first-order valence-corrected chi connectivity index (χ1v) is 7.39. The molecule has 0 N–H and O–H groups in total. The predicted molar refractivity (Wildman–Crippen MR) is 75.8 cm³/mol. The Morgan fingerprint density at radius 3 is 2.06 bits per heavy atom. The van der Waals surface area contributed by atoms with E-state index in [0.717, 1.165) is 11.8 Å². The minimum atomic E-state index is 0.501. The van der Waals surface area contributed by atoms with Crippen LogP contribution in [0.1, 0.15) is 86.5 Å². The van der Waals surface area contributed by atoms with Gasteiger partial charge >= 0.3 is 0 Å². The summed E-state index contributed by atoms with van der Waals surface area (Å²) < 4.78 is 0. The van der Waals surface area contributed by atoms with Crippen molar-refractivity contribution in [3.05, 3.63) is 0 Å². The smallest absolute Gasteiger partial charge is 0.0380 e. The summed E-state index contributed by atoms with van der Waals surface area (Å²) in [5, 5.41) is 0. The quantitative estimate of drug-likeness (QED) is 0.442. The molecular formula is C16H34. The van der Waals surface area contributed by atoms with Crippen molar-refractivity contribution in [1.29, 1.82) is 0 Å². The Kier molecular flexibility index (Phi) is 8.14. The van der Waals surface area contributed by atoms with E-state index < -0.39 is 0 Å². The molecule has 0 aliphatic rings. The molecule has 0 heterocycles. The molecule has 0 heteroatoms. The van der Waals surface area contributed by atoms with Crippen molar-refractivity contribution in [2.75, 3.05) is 0 Å². The molecule has 0 spiro atoms. The summed E-state index contributed by atoms with van der Waals surface area (Å²) in [5.74, 6) is 1.87. The van der Waals surface area contributed by atoms with Gasteiger partial charge < -0.3 is 0 Å². The van der Waals surface area contributed by atoms with Crippen LogP contribution in [0.15, 0.2) is 0 Å². The van der Waals surface area contributed by atoms with Crippen LogP contribution in [-0.2, 0) is 0 Å². The van der Waals surface area contributed by atoms with Crippen molar-refractivity contribution < 1.29 is 0 Å². The minimum Gasteiger partial charge on any atom is -0.0654 e. The highest BCUT2D eigenvalue weighted by molar-refractivity contribution is 4.69. The van der Waals surface area contributed by atoms with Gasteiger partial charge in [0.2, 0.25) is 0 Å². The molecule has 0 fully saturated rings. The van der Waals surface area contributed by atoms with E-state index in [1.165, 1.54) is 44.9 Å². The van der Waals surface area contributed by atoms with Crippen LogP contribution in [-0.4, -0.2) is 0 Å². The van der Waals surface area contributed by atoms with Crippen molar-refractivity contribution >= 4 is 0 Å². The van der Waals surface area contributed by atoms with E-state index in [1.807, 2.05) is 0 Å². The summed E-state index contributed by atoms with van der Waals surface area (Å²) in [5.41, 5.74) is 0.501. The zero-order valence-electron chi connectivity index (χ0n) is 12.6. The van der Waals surface area contributed by atoms with Crippen LogP contribution < -0.4 is 0 Å². The Labute approximate surface area is 104 Å². The molecule has 0 rings (SSSR count). The number of hydrogen-bond donors (Lipinski definition) is 0. The molecule has 98 valence electrons. The fourth-order valence-electron chi connectivity index (χ4n) is 2.87. The SMILES string of the molecule is CCCCC[C@@H](CC)C[C@@H](C)CC(C)(C)C. The number of hydrogen-bond acceptors (Lipinski definition) is 0. The standard InChI is InChI=1S/C16H34/c1-7-9-10-11-15(8-2)12-14(3)13-16(4,5)6/h14-15H,7-13H2,1-6H3/t14-,15-/m1/s1. The van der Waals surface area contributed by atoms with E-state index >= 15 is 0 Å². The molecular weight excluding hydrogens is 192 g/mol. The topological polar surface area (TPSA) is 0 Å². The summed E-state index contributed by atoms with van der Waals surface area (Å²) in [6.07, 6.45) is 9.86. The van der Waals surface area contributed by atoms with Gasteiger partial charge in [-0.2, -0.15) is 0 Å². The summed E-state index contributed by atoms with van der Waals surface area (Å²) in [4.78, 5) is 0. The zero-order chi connectivity index (χ0) is 12.6. The summed E-state index contributed by atoms with van der Waals surface area (Å²) in [7, 11) is 0. The maximum absolute atomic E-state index is 2.44. The van der Waals surface area contributed by atoms with Crippen molar-refractivity contribution in [3.8, 4) is 0 Å². The molecule has 0 unspecified atom stereocenters. The monoisotopic (exact) mass is 226 g/mol. The summed E-state index contributed by atoms with van der Waals surface area (Å²) in [6.45, 7) is 14.2. The third-order valence-electron chi connectivity index (χ3n) is 3.49. The van der Waals surface area contributed by atoms with Gasteiger partial charge in [0.1, 0.15) is 0 Å². The third kappa shape index (κ3) is 9.24. The predicted octanol–water partition coefficient (Wildman–Crippen LogP) is 6.06. The van der Waals surface area contributed by atoms with Gasteiger partial charge in [-0.3, -0.25) is 0 Å². The Morgan fingerprint density at radius 2 is 1.62 bits per heavy atom. The molecule has 0 nitrogen and oxygen atoms in total. The molecule has 0 aromatic carbocycles. The zero-order valence-corrected chi connectivity index (χ0v) is 12.6. The van der Waals surface area contributed by atoms with Gasteiger partial charge in [-0.15, -0.1) is 0 Å². The van der Waals surface area contributed by atoms with Gasteiger partial charge in [-0.1, -0.05) is 73.6 Å². The first-order chi connectivity index (χ1) is 7.39.